The summed E-state index contributed by atoms with van der Waals surface area (Å²) in [5.41, 5.74) is 1.42. The zero-order valence-corrected chi connectivity index (χ0v) is 9.62. The Kier molecular flexibility index (Phi) is 3.66. The summed E-state index contributed by atoms with van der Waals surface area (Å²) in [6.45, 7) is 0. The molecule has 0 aliphatic heterocycles. The summed E-state index contributed by atoms with van der Waals surface area (Å²) in [6.07, 6.45) is 7.00. The van der Waals surface area contributed by atoms with Crippen LogP contribution < -0.4 is 0 Å². The summed E-state index contributed by atoms with van der Waals surface area (Å²) in [4.78, 5) is 5.84. The van der Waals surface area contributed by atoms with Crippen molar-refractivity contribution in [2.45, 2.75) is 0 Å². The summed E-state index contributed by atoms with van der Waals surface area (Å²) in [5, 5.41) is 8.85. The number of aromatic nitrogens is 1. The lowest BCUT2D eigenvalue weighted by Gasteiger charge is -2.05. The van der Waals surface area contributed by atoms with Gasteiger partial charge >= 0.3 is 0 Å². The van der Waals surface area contributed by atoms with E-state index in [2.05, 4.69) is 27.0 Å². The van der Waals surface area contributed by atoms with Gasteiger partial charge in [0.15, 0.2) is 0 Å². The SMILES string of the molecule is CN(C)C=Cc1c(Br)cncc1C#N. The van der Waals surface area contributed by atoms with Gasteiger partial charge in [-0.2, -0.15) is 5.26 Å². The van der Waals surface area contributed by atoms with E-state index in [1.54, 1.807) is 12.4 Å². The minimum absolute atomic E-state index is 0.567. The van der Waals surface area contributed by atoms with Gasteiger partial charge in [-0.15, -0.1) is 0 Å². The maximum absolute atomic E-state index is 8.85. The molecule has 1 aromatic rings. The molecule has 4 heteroatoms. The quantitative estimate of drug-likeness (QED) is 0.810. The molecule has 1 rings (SSSR count). The molecule has 0 aliphatic carbocycles. The first-order valence-corrected chi connectivity index (χ1v) is 4.82. The van der Waals surface area contributed by atoms with Crippen molar-refractivity contribution < 1.29 is 0 Å². The maximum atomic E-state index is 8.85. The third-order valence-corrected chi connectivity index (χ3v) is 2.23. The molecule has 0 saturated carbocycles. The molecule has 0 unspecified atom stereocenters. The summed E-state index contributed by atoms with van der Waals surface area (Å²) in [7, 11) is 3.86. The standard InChI is InChI=1S/C10H10BrN3/c1-14(2)4-3-9-8(5-12)6-13-7-10(9)11/h3-4,6-7H,1-2H3. The monoisotopic (exact) mass is 251 g/mol. The molecule has 0 atom stereocenters. The summed E-state index contributed by atoms with van der Waals surface area (Å²) in [6, 6.07) is 2.10. The van der Waals surface area contributed by atoms with Crippen molar-refractivity contribution in [2.24, 2.45) is 0 Å². The van der Waals surface area contributed by atoms with Gasteiger partial charge in [-0.1, -0.05) is 0 Å². The van der Waals surface area contributed by atoms with Crippen molar-refractivity contribution in [3.63, 3.8) is 0 Å². The van der Waals surface area contributed by atoms with Crippen LogP contribution in [0.15, 0.2) is 23.1 Å². The fraction of sp³-hybridized carbons (Fsp3) is 0.200. The molecule has 14 heavy (non-hydrogen) atoms. The molecule has 72 valence electrons. The first kappa shape index (κ1) is 10.7. The van der Waals surface area contributed by atoms with Crippen LogP contribution in [0.25, 0.3) is 6.08 Å². The average Bonchev–Trinajstić information content (AvgIpc) is 2.15. The van der Waals surface area contributed by atoms with Gasteiger partial charge in [0.25, 0.3) is 0 Å². The Morgan fingerprint density at radius 1 is 1.50 bits per heavy atom. The Morgan fingerprint density at radius 3 is 2.79 bits per heavy atom. The van der Waals surface area contributed by atoms with Crippen molar-refractivity contribution in [3.05, 3.63) is 34.2 Å². The minimum atomic E-state index is 0.567. The molecule has 3 nitrogen and oxygen atoms in total. The molecule has 0 radical (unpaired) electrons. The molecule has 0 N–H and O–H groups in total. The van der Waals surface area contributed by atoms with Gasteiger partial charge in [-0.3, -0.25) is 4.98 Å². The third-order valence-electron chi connectivity index (χ3n) is 1.60. The Labute approximate surface area is 91.8 Å². The summed E-state index contributed by atoms with van der Waals surface area (Å²) in [5.74, 6) is 0. The van der Waals surface area contributed by atoms with Gasteiger partial charge in [0.2, 0.25) is 0 Å². The van der Waals surface area contributed by atoms with Gasteiger partial charge in [0, 0.05) is 36.5 Å². The third kappa shape index (κ3) is 2.57. The van der Waals surface area contributed by atoms with Crippen LogP contribution in [-0.4, -0.2) is 24.0 Å². The highest BCUT2D eigenvalue weighted by atomic mass is 79.9. The molecule has 0 aliphatic rings. The summed E-state index contributed by atoms with van der Waals surface area (Å²) >= 11 is 3.35. The van der Waals surface area contributed by atoms with Gasteiger partial charge < -0.3 is 4.90 Å². The first-order valence-electron chi connectivity index (χ1n) is 4.03. The Hall–Kier alpha value is -1.34. The summed E-state index contributed by atoms with van der Waals surface area (Å²) < 4.78 is 0.828. The van der Waals surface area contributed by atoms with Crippen molar-refractivity contribution >= 4 is 22.0 Å². The predicted octanol–water partition coefficient (Wildman–Crippen LogP) is 2.25. The van der Waals surface area contributed by atoms with Crippen LogP contribution in [-0.2, 0) is 0 Å². The molecular weight excluding hydrogens is 242 g/mol. The first-order chi connectivity index (χ1) is 6.65. The van der Waals surface area contributed by atoms with Crippen molar-refractivity contribution in [3.8, 4) is 6.07 Å². The van der Waals surface area contributed by atoms with Gasteiger partial charge in [0.1, 0.15) is 6.07 Å². The van der Waals surface area contributed by atoms with E-state index in [9.17, 15) is 0 Å². The van der Waals surface area contributed by atoms with Gasteiger partial charge in [-0.05, 0) is 28.2 Å². The second-order valence-corrected chi connectivity index (χ2v) is 3.83. The average molecular weight is 252 g/mol. The Balaban J connectivity index is 3.13. The molecule has 0 amide bonds. The van der Waals surface area contributed by atoms with Crippen LogP contribution in [0.3, 0.4) is 0 Å². The Morgan fingerprint density at radius 2 is 2.21 bits per heavy atom. The second kappa shape index (κ2) is 4.77. The van der Waals surface area contributed by atoms with Gasteiger partial charge in [-0.25, -0.2) is 0 Å². The van der Waals surface area contributed by atoms with E-state index in [1.165, 1.54) is 0 Å². The lowest BCUT2D eigenvalue weighted by molar-refractivity contribution is 0.567. The highest BCUT2D eigenvalue weighted by molar-refractivity contribution is 9.10. The molecular formula is C10H10BrN3. The van der Waals surface area contributed by atoms with Crippen LogP contribution in [0.4, 0.5) is 0 Å². The van der Waals surface area contributed by atoms with E-state index < -0.39 is 0 Å². The van der Waals surface area contributed by atoms with E-state index in [0.717, 1.165) is 10.0 Å². The number of pyridine rings is 1. The zero-order valence-electron chi connectivity index (χ0n) is 8.03. The predicted molar refractivity (Wildman–Crippen MR) is 59.4 cm³/mol. The number of rotatable bonds is 2. The van der Waals surface area contributed by atoms with Gasteiger partial charge in [0.05, 0.1) is 5.56 Å². The molecule has 0 saturated heterocycles. The molecule has 1 heterocycles. The molecule has 0 aromatic carbocycles. The second-order valence-electron chi connectivity index (χ2n) is 2.97. The van der Waals surface area contributed by atoms with Crippen molar-refractivity contribution in [1.82, 2.24) is 9.88 Å². The normalized spacial score (nSPS) is 10.1. The Bertz CT molecular complexity index is 391. The topological polar surface area (TPSA) is 39.9 Å². The number of hydrogen-bond acceptors (Lipinski definition) is 3. The highest BCUT2D eigenvalue weighted by Crippen LogP contribution is 2.20. The molecule has 1 aromatic heterocycles. The highest BCUT2D eigenvalue weighted by Gasteiger charge is 2.02. The fourth-order valence-electron chi connectivity index (χ4n) is 0.927. The molecule has 0 bridgehead atoms. The van der Waals surface area contributed by atoms with E-state index >= 15 is 0 Å². The molecule has 0 fully saturated rings. The minimum Gasteiger partial charge on any atom is -0.383 e. The lowest BCUT2D eigenvalue weighted by Crippen LogP contribution is -2.00. The number of hydrogen-bond donors (Lipinski definition) is 0. The van der Waals surface area contributed by atoms with E-state index in [1.807, 2.05) is 31.3 Å². The van der Waals surface area contributed by atoms with Crippen molar-refractivity contribution in [2.75, 3.05) is 14.1 Å². The van der Waals surface area contributed by atoms with Crippen LogP contribution >= 0.6 is 15.9 Å². The zero-order chi connectivity index (χ0) is 10.6. The van der Waals surface area contributed by atoms with Crippen molar-refractivity contribution in [1.29, 1.82) is 5.26 Å². The smallest absolute Gasteiger partial charge is 0.101 e. The van der Waals surface area contributed by atoms with Crippen LogP contribution in [0, 0.1) is 11.3 Å². The molecule has 0 spiro atoms. The van der Waals surface area contributed by atoms with E-state index in [-0.39, 0.29) is 0 Å². The van der Waals surface area contributed by atoms with E-state index in [0.29, 0.717) is 5.56 Å². The number of nitrogens with zero attached hydrogens (tertiary/aromatic N) is 3. The number of halogens is 1. The van der Waals surface area contributed by atoms with Crippen LogP contribution in [0.5, 0.6) is 0 Å². The van der Waals surface area contributed by atoms with E-state index in [4.69, 9.17) is 5.26 Å². The maximum Gasteiger partial charge on any atom is 0.101 e. The van der Waals surface area contributed by atoms with Crippen LogP contribution in [0.2, 0.25) is 0 Å². The lowest BCUT2D eigenvalue weighted by atomic mass is 10.1. The fourth-order valence-corrected chi connectivity index (χ4v) is 1.39. The van der Waals surface area contributed by atoms with Crippen LogP contribution in [0.1, 0.15) is 11.1 Å². The number of nitriles is 1. The largest absolute Gasteiger partial charge is 0.383 e.